The van der Waals surface area contributed by atoms with Gasteiger partial charge in [0.25, 0.3) is 0 Å². The molecule has 1 atom stereocenters. The highest BCUT2D eigenvalue weighted by atomic mass is 16.2. The van der Waals surface area contributed by atoms with E-state index in [-0.39, 0.29) is 11.3 Å². The molecule has 0 aromatic carbocycles. The quantitative estimate of drug-likeness (QED) is 0.763. The van der Waals surface area contributed by atoms with Crippen molar-refractivity contribution in [3.05, 3.63) is 0 Å². The molecule has 1 saturated carbocycles. The Balaban J connectivity index is 1.80. The molecule has 1 saturated heterocycles. The summed E-state index contributed by atoms with van der Waals surface area (Å²) in [6, 6.07) is 0.353. The summed E-state index contributed by atoms with van der Waals surface area (Å²) in [6.07, 6.45) is 5.83. The van der Waals surface area contributed by atoms with Gasteiger partial charge in [-0.05, 0) is 45.2 Å². The van der Waals surface area contributed by atoms with Crippen LogP contribution in [-0.2, 0) is 4.79 Å². The Morgan fingerprint density at radius 3 is 2.62 bits per heavy atom. The maximum atomic E-state index is 12.2. The second-order valence-electron chi connectivity index (χ2n) is 5.86. The lowest BCUT2D eigenvalue weighted by molar-refractivity contribution is -0.132. The molecule has 1 amide bonds. The molecule has 2 fully saturated rings. The molecule has 1 heterocycles. The summed E-state index contributed by atoms with van der Waals surface area (Å²) in [7, 11) is 0. The van der Waals surface area contributed by atoms with E-state index < -0.39 is 0 Å². The molecule has 1 aliphatic heterocycles. The van der Waals surface area contributed by atoms with Crippen LogP contribution in [0.15, 0.2) is 0 Å². The number of hydrogen-bond acceptors (Lipinski definition) is 2. The molecule has 3 heteroatoms. The van der Waals surface area contributed by atoms with Crippen molar-refractivity contribution in [3.63, 3.8) is 0 Å². The van der Waals surface area contributed by atoms with Crippen LogP contribution in [0.2, 0.25) is 0 Å². The predicted octanol–water partition coefficient (Wildman–Crippen LogP) is 1.68. The third-order valence-corrected chi connectivity index (χ3v) is 4.02. The molecule has 2 N–H and O–H groups in total. The van der Waals surface area contributed by atoms with Crippen LogP contribution in [0.4, 0.5) is 0 Å². The lowest BCUT2D eigenvalue weighted by atomic mass is 9.80. The summed E-state index contributed by atoms with van der Waals surface area (Å²) in [6.45, 7) is 6.19. The molecule has 1 unspecified atom stereocenters. The van der Waals surface area contributed by atoms with E-state index in [9.17, 15) is 4.79 Å². The van der Waals surface area contributed by atoms with Crippen molar-refractivity contribution in [2.45, 2.75) is 52.0 Å². The van der Waals surface area contributed by atoms with Gasteiger partial charge in [0.2, 0.25) is 5.91 Å². The summed E-state index contributed by atoms with van der Waals surface area (Å²) in [5.41, 5.74) is -0.136. The van der Waals surface area contributed by atoms with Crippen molar-refractivity contribution < 1.29 is 4.79 Å². The zero-order valence-corrected chi connectivity index (χ0v) is 10.5. The van der Waals surface area contributed by atoms with Crippen LogP contribution < -0.4 is 10.6 Å². The summed E-state index contributed by atoms with van der Waals surface area (Å²) >= 11 is 0. The van der Waals surface area contributed by atoms with Gasteiger partial charge in [-0.3, -0.25) is 4.79 Å². The Kier molecular flexibility index (Phi) is 3.53. The van der Waals surface area contributed by atoms with E-state index in [2.05, 4.69) is 24.5 Å². The molecule has 92 valence electrons. The van der Waals surface area contributed by atoms with Gasteiger partial charge in [0.05, 0.1) is 0 Å². The van der Waals surface area contributed by atoms with Gasteiger partial charge in [-0.15, -0.1) is 0 Å². The van der Waals surface area contributed by atoms with Gasteiger partial charge >= 0.3 is 0 Å². The van der Waals surface area contributed by atoms with E-state index in [1.807, 2.05) is 0 Å². The number of nitrogens with one attached hydrogen (secondary N) is 2. The molecular weight excluding hydrogens is 200 g/mol. The first-order valence-corrected chi connectivity index (χ1v) is 6.62. The minimum Gasteiger partial charge on any atom is -0.353 e. The molecule has 0 spiro atoms. The summed E-state index contributed by atoms with van der Waals surface area (Å²) in [4.78, 5) is 12.2. The highest BCUT2D eigenvalue weighted by molar-refractivity contribution is 5.82. The third kappa shape index (κ3) is 2.97. The predicted molar refractivity (Wildman–Crippen MR) is 65.2 cm³/mol. The molecule has 0 radical (unpaired) electrons. The highest BCUT2D eigenvalue weighted by Crippen LogP contribution is 2.34. The number of amides is 1. The van der Waals surface area contributed by atoms with Crippen molar-refractivity contribution >= 4 is 5.91 Å². The normalized spacial score (nSPS) is 26.1. The molecule has 2 aliphatic rings. The average Bonchev–Trinajstić information content (AvgIpc) is 3.02. The fraction of sp³-hybridized carbons (Fsp3) is 0.923. The minimum atomic E-state index is -0.136. The molecule has 0 aromatic rings. The molecule has 2 rings (SSSR count). The Labute approximate surface area is 98.4 Å². The first-order valence-electron chi connectivity index (χ1n) is 6.62. The first kappa shape index (κ1) is 11.9. The fourth-order valence-electron chi connectivity index (χ4n) is 2.52. The fourth-order valence-corrected chi connectivity index (χ4v) is 2.52. The summed E-state index contributed by atoms with van der Waals surface area (Å²) in [5.74, 6) is 1.15. The second-order valence-corrected chi connectivity index (χ2v) is 5.86. The van der Waals surface area contributed by atoms with Gasteiger partial charge in [-0.2, -0.15) is 0 Å². The summed E-state index contributed by atoms with van der Waals surface area (Å²) in [5, 5.41) is 6.51. The molecular formula is C13H24N2O. The van der Waals surface area contributed by atoms with Crippen LogP contribution in [0, 0.1) is 11.3 Å². The second kappa shape index (κ2) is 4.74. The van der Waals surface area contributed by atoms with Crippen molar-refractivity contribution in [3.8, 4) is 0 Å². The van der Waals surface area contributed by atoms with Crippen LogP contribution in [0.5, 0.6) is 0 Å². The largest absolute Gasteiger partial charge is 0.353 e. The molecule has 16 heavy (non-hydrogen) atoms. The third-order valence-electron chi connectivity index (χ3n) is 4.02. The van der Waals surface area contributed by atoms with Crippen molar-refractivity contribution in [2.24, 2.45) is 11.3 Å². The molecule has 0 aromatic heterocycles. The van der Waals surface area contributed by atoms with E-state index in [1.165, 1.54) is 19.3 Å². The Hall–Kier alpha value is -0.570. The van der Waals surface area contributed by atoms with Crippen LogP contribution in [0.25, 0.3) is 0 Å². The maximum absolute atomic E-state index is 12.2. The maximum Gasteiger partial charge on any atom is 0.226 e. The van der Waals surface area contributed by atoms with E-state index in [0.717, 1.165) is 31.8 Å². The van der Waals surface area contributed by atoms with Gasteiger partial charge < -0.3 is 10.6 Å². The van der Waals surface area contributed by atoms with Gasteiger partial charge in [0.15, 0.2) is 0 Å². The van der Waals surface area contributed by atoms with Crippen molar-refractivity contribution in [2.75, 3.05) is 13.1 Å². The van der Waals surface area contributed by atoms with E-state index in [0.29, 0.717) is 6.04 Å². The number of piperidine rings is 1. The number of carbonyl (C=O) groups excluding carboxylic acids is 1. The van der Waals surface area contributed by atoms with Crippen molar-refractivity contribution in [1.29, 1.82) is 0 Å². The van der Waals surface area contributed by atoms with Gasteiger partial charge in [0.1, 0.15) is 0 Å². The zero-order chi connectivity index (χ0) is 11.6. The van der Waals surface area contributed by atoms with E-state index in [1.54, 1.807) is 0 Å². The van der Waals surface area contributed by atoms with E-state index >= 15 is 0 Å². The lowest BCUT2D eigenvalue weighted by Crippen LogP contribution is -2.48. The van der Waals surface area contributed by atoms with Crippen LogP contribution in [0.3, 0.4) is 0 Å². The van der Waals surface area contributed by atoms with Gasteiger partial charge in [-0.1, -0.05) is 19.8 Å². The minimum absolute atomic E-state index is 0.136. The highest BCUT2D eigenvalue weighted by Gasteiger charge is 2.35. The zero-order valence-electron chi connectivity index (χ0n) is 10.5. The lowest BCUT2D eigenvalue weighted by Gasteiger charge is -2.33. The van der Waals surface area contributed by atoms with Crippen LogP contribution in [0.1, 0.15) is 46.0 Å². The van der Waals surface area contributed by atoms with E-state index in [4.69, 9.17) is 0 Å². The Morgan fingerprint density at radius 1 is 1.44 bits per heavy atom. The molecule has 0 bridgehead atoms. The topological polar surface area (TPSA) is 41.1 Å². The number of rotatable bonds is 4. The Morgan fingerprint density at radius 2 is 2.06 bits per heavy atom. The summed E-state index contributed by atoms with van der Waals surface area (Å²) < 4.78 is 0. The SMILES string of the molecule is CC(CC1CC1)NC(=O)C1(C)CCNCC1. The average molecular weight is 224 g/mol. The van der Waals surface area contributed by atoms with Crippen LogP contribution >= 0.6 is 0 Å². The van der Waals surface area contributed by atoms with Gasteiger partial charge in [-0.25, -0.2) is 0 Å². The smallest absolute Gasteiger partial charge is 0.226 e. The number of carbonyl (C=O) groups is 1. The van der Waals surface area contributed by atoms with Crippen molar-refractivity contribution in [1.82, 2.24) is 10.6 Å². The molecule has 3 nitrogen and oxygen atoms in total. The monoisotopic (exact) mass is 224 g/mol. The van der Waals surface area contributed by atoms with Gasteiger partial charge in [0, 0.05) is 11.5 Å². The number of hydrogen-bond donors (Lipinski definition) is 2. The first-order chi connectivity index (χ1) is 7.60. The Bertz CT molecular complexity index is 255. The van der Waals surface area contributed by atoms with Crippen LogP contribution in [-0.4, -0.2) is 25.0 Å². The molecule has 1 aliphatic carbocycles. The standard InChI is InChI=1S/C13H24N2O/c1-10(9-11-3-4-11)15-12(16)13(2)5-7-14-8-6-13/h10-11,14H,3-9H2,1-2H3,(H,15,16).